The number of hydrogen-bond donors (Lipinski definition) is 1. The number of halogens is 1. The standard InChI is InChI=1S/C10H12FNO/c1-6(12)8-4-3-5-9(7(2)13)10(8)11/h3-6H,12H2,1-2H3/t6-/m1/s1. The molecule has 1 rings (SSSR count). The molecular formula is C10H12FNO. The molecule has 0 amide bonds. The molecule has 0 heterocycles. The summed E-state index contributed by atoms with van der Waals surface area (Å²) in [4.78, 5) is 11.0. The Morgan fingerprint density at radius 1 is 1.54 bits per heavy atom. The second kappa shape index (κ2) is 3.66. The third-order valence-corrected chi connectivity index (χ3v) is 1.90. The van der Waals surface area contributed by atoms with Crippen LogP contribution in [0.15, 0.2) is 18.2 Å². The van der Waals surface area contributed by atoms with Gasteiger partial charge < -0.3 is 5.73 Å². The quantitative estimate of drug-likeness (QED) is 0.709. The summed E-state index contributed by atoms with van der Waals surface area (Å²) in [7, 11) is 0. The summed E-state index contributed by atoms with van der Waals surface area (Å²) in [5.74, 6) is -0.773. The van der Waals surface area contributed by atoms with Crippen LogP contribution in [0.3, 0.4) is 0 Å². The van der Waals surface area contributed by atoms with E-state index in [0.29, 0.717) is 5.56 Å². The molecule has 3 heteroatoms. The van der Waals surface area contributed by atoms with Crippen LogP contribution in [-0.2, 0) is 0 Å². The molecule has 2 N–H and O–H groups in total. The van der Waals surface area contributed by atoms with E-state index in [9.17, 15) is 9.18 Å². The zero-order valence-electron chi connectivity index (χ0n) is 7.67. The molecule has 0 spiro atoms. The number of Topliss-reactive ketones (excluding diaryl/α,β-unsaturated/α-hetero) is 1. The van der Waals surface area contributed by atoms with Gasteiger partial charge in [-0.15, -0.1) is 0 Å². The van der Waals surface area contributed by atoms with Crippen molar-refractivity contribution in [3.8, 4) is 0 Å². The van der Waals surface area contributed by atoms with Crippen molar-refractivity contribution in [1.29, 1.82) is 0 Å². The van der Waals surface area contributed by atoms with Crippen LogP contribution in [0.25, 0.3) is 0 Å². The van der Waals surface area contributed by atoms with E-state index in [1.165, 1.54) is 13.0 Å². The lowest BCUT2D eigenvalue weighted by Crippen LogP contribution is -2.10. The smallest absolute Gasteiger partial charge is 0.162 e. The largest absolute Gasteiger partial charge is 0.324 e. The van der Waals surface area contributed by atoms with Crippen molar-refractivity contribution in [2.24, 2.45) is 5.73 Å². The van der Waals surface area contributed by atoms with E-state index in [2.05, 4.69) is 0 Å². The van der Waals surface area contributed by atoms with Crippen LogP contribution < -0.4 is 5.73 Å². The van der Waals surface area contributed by atoms with Gasteiger partial charge in [-0.1, -0.05) is 12.1 Å². The minimum absolute atomic E-state index is 0.106. The lowest BCUT2D eigenvalue weighted by molar-refractivity contribution is 0.101. The van der Waals surface area contributed by atoms with Gasteiger partial charge >= 0.3 is 0 Å². The Bertz CT molecular complexity index is 334. The van der Waals surface area contributed by atoms with E-state index >= 15 is 0 Å². The zero-order chi connectivity index (χ0) is 10.0. The molecule has 0 aliphatic rings. The van der Waals surface area contributed by atoms with E-state index in [1.54, 1.807) is 19.1 Å². The Morgan fingerprint density at radius 3 is 2.62 bits per heavy atom. The Labute approximate surface area is 76.6 Å². The SMILES string of the molecule is CC(=O)c1cccc([C@@H](C)N)c1F. The van der Waals surface area contributed by atoms with Crippen LogP contribution in [0.4, 0.5) is 4.39 Å². The van der Waals surface area contributed by atoms with Gasteiger partial charge in [0.15, 0.2) is 5.78 Å². The van der Waals surface area contributed by atoms with Crippen molar-refractivity contribution < 1.29 is 9.18 Å². The summed E-state index contributed by atoms with van der Waals surface area (Å²) < 4.78 is 13.5. The highest BCUT2D eigenvalue weighted by Crippen LogP contribution is 2.18. The van der Waals surface area contributed by atoms with Crippen LogP contribution in [0, 0.1) is 5.82 Å². The number of hydrogen-bond acceptors (Lipinski definition) is 2. The molecule has 0 unspecified atom stereocenters. The number of ketones is 1. The topological polar surface area (TPSA) is 43.1 Å². The van der Waals surface area contributed by atoms with Gasteiger partial charge in [-0.25, -0.2) is 4.39 Å². The highest BCUT2D eigenvalue weighted by molar-refractivity contribution is 5.94. The first-order valence-electron chi connectivity index (χ1n) is 4.09. The fourth-order valence-corrected chi connectivity index (χ4v) is 1.17. The summed E-state index contributed by atoms with van der Waals surface area (Å²) in [6, 6.07) is 4.30. The Kier molecular flexibility index (Phi) is 2.78. The van der Waals surface area contributed by atoms with Crippen molar-refractivity contribution in [2.45, 2.75) is 19.9 Å². The van der Waals surface area contributed by atoms with E-state index in [-0.39, 0.29) is 17.4 Å². The van der Waals surface area contributed by atoms with Crippen molar-refractivity contribution in [2.75, 3.05) is 0 Å². The van der Waals surface area contributed by atoms with E-state index in [0.717, 1.165) is 0 Å². The Hall–Kier alpha value is -1.22. The van der Waals surface area contributed by atoms with Crippen LogP contribution in [0.2, 0.25) is 0 Å². The molecule has 0 radical (unpaired) electrons. The van der Waals surface area contributed by atoms with Crippen molar-refractivity contribution >= 4 is 5.78 Å². The maximum Gasteiger partial charge on any atom is 0.162 e. The minimum Gasteiger partial charge on any atom is -0.324 e. The molecule has 0 aliphatic carbocycles. The first kappa shape index (κ1) is 9.86. The minimum atomic E-state index is -0.495. The fourth-order valence-electron chi connectivity index (χ4n) is 1.17. The molecule has 1 aromatic rings. The molecular weight excluding hydrogens is 169 g/mol. The second-order valence-electron chi connectivity index (χ2n) is 3.05. The summed E-state index contributed by atoms with van der Waals surface area (Å²) in [6.45, 7) is 3.02. The zero-order valence-corrected chi connectivity index (χ0v) is 7.67. The number of nitrogens with two attached hydrogens (primary N) is 1. The molecule has 0 saturated heterocycles. The van der Waals surface area contributed by atoms with Gasteiger partial charge in [-0.2, -0.15) is 0 Å². The molecule has 0 aliphatic heterocycles. The predicted octanol–water partition coefficient (Wildman–Crippen LogP) is 2.05. The normalized spacial score (nSPS) is 12.6. The molecule has 1 atom stereocenters. The van der Waals surface area contributed by atoms with Crippen LogP contribution >= 0.6 is 0 Å². The molecule has 13 heavy (non-hydrogen) atoms. The van der Waals surface area contributed by atoms with Crippen molar-refractivity contribution in [3.05, 3.63) is 35.1 Å². The summed E-state index contributed by atoms with van der Waals surface area (Å²) in [5, 5.41) is 0. The molecule has 1 aromatic carbocycles. The van der Waals surface area contributed by atoms with Crippen LogP contribution in [0.5, 0.6) is 0 Å². The average Bonchev–Trinajstić information content (AvgIpc) is 2.03. The predicted molar refractivity (Wildman–Crippen MR) is 49.0 cm³/mol. The third kappa shape index (κ3) is 1.92. The summed E-state index contributed by atoms with van der Waals surface area (Å²) >= 11 is 0. The van der Waals surface area contributed by atoms with E-state index < -0.39 is 5.82 Å². The van der Waals surface area contributed by atoms with Gasteiger partial charge in [0, 0.05) is 11.6 Å². The molecule has 0 bridgehead atoms. The van der Waals surface area contributed by atoms with Gasteiger partial charge in [-0.3, -0.25) is 4.79 Å². The lowest BCUT2D eigenvalue weighted by atomic mass is 10.0. The van der Waals surface area contributed by atoms with Gasteiger partial charge in [0.05, 0.1) is 5.56 Å². The van der Waals surface area contributed by atoms with Crippen LogP contribution in [-0.4, -0.2) is 5.78 Å². The van der Waals surface area contributed by atoms with E-state index in [1.807, 2.05) is 0 Å². The molecule has 0 fully saturated rings. The van der Waals surface area contributed by atoms with Crippen LogP contribution in [0.1, 0.15) is 35.8 Å². The van der Waals surface area contributed by atoms with Gasteiger partial charge in [-0.05, 0) is 19.9 Å². The Balaban J connectivity index is 3.26. The molecule has 0 aromatic heterocycles. The fraction of sp³-hybridized carbons (Fsp3) is 0.300. The molecule has 0 saturated carbocycles. The highest BCUT2D eigenvalue weighted by Gasteiger charge is 2.13. The Morgan fingerprint density at radius 2 is 2.15 bits per heavy atom. The van der Waals surface area contributed by atoms with Gasteiger partial charge in [0.25, 0.3) is 0 Å². The highest BCUT2D eigenvalue weighted by atomic mass is 19.1. The maximum atomic E-state index is 13.5. The number of benzene rings is 1. The lowest BCUT2D eigenvalue weighted by Gasteiger charge is -2.08. The third-order valence-electron chi connectivity index (χ3n) is 1.90. The molecule has 2 nitrogen and oxygen atoms in total. The van der Waals surface area contributed by atoms with E-state index in [4.69, 9.17) is 5.73 Å². The number of carbonyl (C=O) groups is 1. The number of rotatable bonds is 2. The average molecular weight is 181 g/mol. The summed E-state index contributed by atoms with van der Waals surface area (Å²) in [5.41, 5.74) is 6.02. The van der Waals surface area contributed by atoms with Crippen molar-refractivity contribution in [1.82, 2.24) is 0 Å². The monoisotopic (exact) mass is 181 g/mol. The van der Waals surface area contributed by atoms with Gasteiger partial charge in [0.2, 0.25) is 0 Å². The van der Waals surface area contributed by atoms with Crippen molar-refractivity contribution in [3.63, 3.8) is 0 Å². The van der Waals surface area contributed by atoms with Gasteiger partial charge in [0.1, 0.15) is 5.82 Å². The maximum absolute atomic E-state index is 13.5. The summed E-state index contributed by atoms with van der Waals surface area (Å²) in [6.07, 6.45) is 0. The molecule has 70 valence electrons. The first-order valence-corrected chi connectivity index (χ1v) is 4.09. The second-order valence-corrected chi connectivity index (χ2v) is 3.05. The first-order chi connectivity index (χ1) is 6.04. The number of carbonyl (C=O) groups excluding carboxylic acids is 1.